The SMILES string of the molecule is CC1=C(C(C)C)C(C)(C)CCC1. The van der Waals surface area contributed by atoms with Gasteiger partial charge >= 0.3 is 0 Å². The fourth-order valence-corrected chi connectivity index (χ4v) is 2.92. The van der Waals surface area contributed by atoms with Gasteiger partial charge in [0.1, 0.15) is 0 Å². The molecule has 0 aliphatic heterocycles. The van der Waals surface area contributed by atoms with Crippen LogP contribution in [0.5, 0.6) is 0 Å². The molecule has 0 fully saturated rings. The fourth-order valence-electron chi connectivity index (χ4n) is 2.92. The topological polar surface area (TPSA) is 0 Å². The van der Waals surface area contributed by atoms with E-state index >= 15 is 0 Å². The molecule has 0 aromatic rings. The molecule has 0 heterocycles. The van der Waals surface area contributed by atoms with Crippen LogP contribution in [-0.2, 0) is 0 Å². The van der Waals surface area contributed by atoms with E-state index in [1.54, 1.807) is 11.1 Å². The maximum absolute atomic E-state index is 2.39. The van der Waals surface area contributed by atoms with Gasteiger partial charge in [-0.1, -0.05) is 38.8 Å². The maximum Gasteiger partial charge on any atom is -0.0139 e. The van der Waals surface area contributed by atoms with Crippen LogP contribution in [0.3, 0.4) is 0 Å². The Labute approximate surface area is 77.1 Å². The molecule has 0 nitrogen and oxygen atoms in total. The zero-order chi connectivity index (χ0) is 9.35. The lowest BCUT2D eigenvalue weighted by Gasteiger charge is -2.37. The Morgan fingerprint density at radius 3 is 2.17 bits per heavy atom. The first-order chi connectivity index (χ1) is 5.45. The lowest BCUT2D eigenvalue weighted by Crippen LogP contribution is -2.23. The summed E-state index contributed by atoms with van der Waals surface area (Å²) in [5.74, 6) is 0.736. The second-order valence-corrected chi connectivity index (χ2v) is 5.09. The van der Waals surface area contributed by atoms with Crippen LogP contribution in [0.25, 0.3) is 0 Å². The minimum absolute atomic E-state index is 0.469. The van der Waals surface area contributed by atoms with E-state index in [1.165, 1.54) is 19.3 Å². The summed E-state index contributed by atoms with van der Waals surface area (Å²) in [6.07, 6.45) is 4.09. The average Bonchev–Trinajstić information content (AvgIpc) is 1.82. The summed E-state index contributed by atoms with van der Waals surface area (Å²) in [5.41, 5.74) is 3.84. The van der Waals surface area contributed by atoms with Crippen molar-refractivity contribution in [2.45, 2.75) is 53.9 Å². The second-order valence-electron chi connectivity index (χ2n) is 5.09. The first-order valence-corrected chi connectivity index (χ1v) is 5.15. The first-order valence-electron chi connectivity index (χ1n) is 5.15. The molecule has 0 saturated carbocycles. The van der Waals surface area contributed by atoms with Gasteiger partial charge in [-0.25, -0.2) is 0 Å². The predicted molar refractivity (Wildman–Crippen MR) is 55.2 cm³/mol. The molecule has 0 radical (unpaired) electrons. The Hall–Kier alpha value is -0.260. The molecular weight excluding hydrogens is 144 g/mol. The van der Waals surface area contributed by atoms with Crippen LogP contribution in [0.1, 0.15) is 53.9 Å². The molecule has 0 N–H and O–H groups in total. The Bertz CT molecular complexity index is 194. The van der Waals surface area contributed by atoms with Crippen molar-refractivity contribution < 1.29 is 0 Å². The van der Waals surface area contributed by atoms with Crippen molar-refractivity contribution in [3.8, 4) is 0 Å². The Kier molecular flexibility index (Phi) is 2.65. The van der Waals surface area contributed by atoms with E-state index in [0.29, 0.717) is 5.41 Å². The number of rotatable bonds is 1. The van der Waals surface area contributed by atoms with E-state index in [1.807, 2.05) is 0 Å². The van der Waals surface area contributed by atoms with E-state index < -0.39 is 0 Å². The van der Waals surface area contributed by atoms with Gasteiger partial charge in [-0.3, -0.25) is 0 Å². The molecule has 1 aliphatic rings. The molecule has 0 unspecified atom stereocenters. The lowest BCUT2D eigenvalue weighted by molar-refractivity contribution is 0.334. The maximum atomic E-state index is 2.39. The fraction of sp³-hybridized carbons (Fsp3) is 0.833. The zero-order valence-electron chi connectivity index (χ0n) is 9.20. The highest BCUT2D eigenvalue weighted by Crippen LogP contribution is 2.43. The van der Waals surface area contributed by atoms with Crippen molar-refractivity contribution in [2.75, 3.05) is 0 Å². The molecule has 0 bridgehead atoms. The molecule has 1 aliphatic carbocycles. The molecule has 0 atom stereocenters. The van der Waals surface area contributed by atoms with Gasteiger partial charge in [0.25, 0.3) is 0 Å². The van der Waals surface area contributed by atoms with Gasteiger partial charge in [-0.15, -0.1) is 0 Å². The predicted octanol–water partition coefficient (Wildman–Crippen LogP) is 4.17. The third-order valence-corrected chi connectivity index (χ3v) is 3.12. The molecule has 12 heavy (non-hydrogen) atoms. The van der Waals surface area contributed by atoms with Crippen molar-refractivity contribution in [2.24, 2.45) is 11.3 Å². The van der Waals surface area contributed by atoms with E-state index in [4.69, 9.17) is 0 Å². The van der Waals surface area contributed by atoms with Gasteiger partial charge in [-0.2, -0.15) is 0 Å². The molecule has 1 rings (SSSR count). The van der Waals surface area contributed by atoms with E-state index in [2.05, 4.69) is 34.6 Å². The highest BCUT2D eigenvalue weighted by molar-refractivity contribution is 5.23. The van der Waals surface area contributed by atoms with Crippen LogP contribution in [0, 0.1) is 11.3 Å². The van der Waals surface area contributed by atoms with E-state index in [9.17, 15) is 0 Å². The van der Waals surface area contributed by atoms with Gasteiger partial charge < -0.3 is 0 Å². The highest BCUT2D eigenvalue weighted by Gasteiger charge is 2.29. The monoisotopic (exact) mass is 166 g/mol. The first kappa shape index (κ1) is 9.83. The Morgan fingerprint density at radius 1 is 1.25 bits per heavy atom. The number of allylic oxidation sites excluding steroid dienone is 2. The molecule has 0 saturated heterocycles. The molecule has 0 aromatic heterocycles. The Morgan fingerprint density at radius 2 is 1.83 bits per heavy atom. The van der Waals surface area contributed by atoms with Crippen LogP contribution >= 0.6 is 0 Å². The van der Waals surface area contributed by atoms with E-state index in [-0.39, 0.29) is 0 Å². The van der Waals surface area contributed by atoms with Crippen LogP contribution < -0.4 is 0 Å². The molecular formula is C12H22. The quantitative estimate of drug-likeness (QED) is 0.513. The van der Waals surface area contributed by atoms with Gasteiger partial charge in [0, 0.05) is 0 Å². The summed E-state index contributed by atoms with van der Waals surface area (Å²) in [6, 6.07) is 0. The van der Waals surface area contributed by atoms with Crippen molar-refractivity contribution in [3.63, 3.8) is 0 Å². The second kappa shape index (κ2) is 3.24. The van der Waals surface area contributed by atoms with E-state index in [0.717, 1.165) is 5.92 Å². The summed E-state index contributed by atoms with van der Waals surface area (Å²) in [4.78, 5) is 0. The normalized spacial score (nSPS) is 23.5. The minimum atomic E-state index is 0.469. The van der Waals surface area contributed by atoms with Crippen LogP contribution in [-0.4, -0.2) is 0 Å². The number of hydrogen-bond acceptors (Lipinski definition) is 0. The molecule has 0 aromatic carbocycles. The van der Waals surface area contributed by atoms with Crippen LogP contribution in [0.15, 0.2) is 11.1 Å². The third-order valence-electron chi connectivity index (χ3n) is 3.12. The Balaban J connectivity index is 3.00. The standard InChI is InChI=1S/C12H22/c1-9(2)11-10(3)7-6-8-12(11,4)5/h9H,6-8H2,1-5H3. The van der Waals surface area contributed by atoms with Gasteiger partial charge in [0.05, 0.1) is 0 Å². The lowest BCUT2D eigenvalue weighted by atomic mass is 9.69. The van der Waals surface area contributed by atoms with Gasteiger partial charge in [0.2, 0.25) is 0 Å². The summed E-state index contributed by atoms with van der Waals surface area (Å²) in [5, 5.41) is 0. The average molecular weight is 166 g/mol. The molecule has 0 spiro atoms. The molecule has 0 heteroatoms. The zero-order valence-corrected chi connectivity index (χ0v) is 9.20. The van der Waals surface area contributed by atoms with Crippen molar-refractivity contribution in [1.82, 2.24) is 0 Å². The van der Waals surface area contributed by atoms with Crippen LogP contribution in [0.2, 0.25) is 0 Å². The summed E-state index contributed by atoms with van der Waals surface area (Å²) in [7, 11) is 0. The summed E-state index contributed by atoms with van der Waals surface area (Å²) >= 11 is 0. The molecule has 70 valence electrons. The largest absolute Gasteiger partial charge is 0.0733 e. The van der Waals surface area contributed by atoms with Crippen molar-refractivity contribution in [3.05, 3.63) is 11.1 Å². The molecule has 0 amide bonds. The van der Waals surface area contributed by atoms with Crippen molar-refractivity contribution in [1.29, 1.82) is 0 Å². The van der Waals surface area contributed by atoms with Gasteiger partial charge in [0.15, 0.2) is 0 Å². The van der Waals surface area contributed by atoms with Crippen LogP contribution in [0.4, 0.5) is 0 Å². The van der Waals surface area contributed by atoms with Crippen molar-refractivity contribution >= 4 is 0 Å². The smallest absolute Gasteiger partial charge is 0.0139 e. The summed E-state index contributed by atoms with van der Waals surface area (Å²) < 4.78 is 0. The third kappa shape index (κ3) is 1.73. The summed E-state index contributed by atoms with van der Waals surface area (Å²) in [6.45, 7) is 11.8. The minimum Gasteiger partial charge on any atom is -0.0733 e. The highest BCUT2D eigenvalue weighted by atomic mass is 14.3. The van der Waals surface area contributed by atoms with Gasteiger partial charge in [-0.05, 0) is 37.5 Å². The number of hydrogen-bond donors (Lipinski definition) is 0.